The second-order valence-electron chi connectivity index (χ2n) is 2.02. The number of alkyl halides is 6. The quantitative estimate of drug-likeness (QED) is 0.419. The zero-order valence-electron chi connectivity index (χ0n) is 6.50. The fourth-order valence-corrected chi connectivity index (χ4v) is 0.346. The van der Waals surface area contributed by atoms with Gasteiger partial charge in [-0.25, -0.2) is 0 Å². The van der Waals surface area contributed by atoms with Crippen LogP contribution in [-0.2, 0) is 9.59 Å². The van der Waals surface area contributed by atoms with Gasteiger partial charge in [-0.1, -0.05) is 0 Å². The van der Waals surface area contributed by atoms with Gasteiger partial charge < -0.3 is 0 Å². The monoisotopic (exact) mass is 248 g/mol. The summed E-state index contributed by atoms with van der Waals surface area (Å²) in [5, 5.41) is 0. The van der Waals surface area contributed by atoms with E-state index in [1.54, 1.807) is 0 Å². The van der Waals surface area contributed by atoms with Crippen molar-refractivity contribution in [1.82, 2.24) is 0 Å². The number of Topliss-reactive ketones (excluding diaryl/α,β-unsaturated/α-hetero) is 2. The normalized spacial score (nSPS) is 11.9. The van der Waals surface area contributed by atoms with Crippen LogP contribution in [-0.4, -0.2) is 61.7 Å². The Morgan fingerprint density at radius 3 is 1.14 bits per heavy atom. The molecule has 0 saturated carbocycles. The number of rotatable bonds is 2. The van der Waals surface area contributed by atoms with Crippen molar-refractivity contribution in [2.45, 2.75) is 18.8 Å². The zero-order valence-corrected chi connectivity index (χ0v) is 8.71. The van der Waals surface area contributed by atoms with E-state index in [1.807, 2.05) is 0 Å². The third kappa shape index (κ3) is 5.82. The largest absolute Gasteiger partial charge is 2.00 e. The summed E-state index contributed by atoms with van der Waals surface area (Å²) in [7, 11) is 0. The van der Waals surface area contributed by atoms with Gasteiger partial charge in [0.1, 0.15) is 0 Å². The smallest absolute Gasteiger partial charge is 0.289 e. The Morgan fingerprint density at radius 2 is 1.00 bits per heavy atom. The van der Waals surface area contributed by atoms with Crippen LogP contribution in [0.2, 0.25) is 0 Å². The third-order valence-corrected chi connectivity index (χ3v) is 0.953. The van der Waals surface area contributed by atoms with E-state index in [0.29, 0.717) is 0 Å². The van der Waals surface area contributed by atoms with Crippen molar-refractivity contribution in [3.63, 3.8) is 0 Å². The molecule has 0 saturated heterocycles. The molecule has 0 fully saturated rings. The van der Waals surface area contributed by atoms with E-state index >= 15 is 0 Å². The van der Waals surface area contributed by atoms with E-state index in [9.17, 15) is 35.9 Å². The molecule has 76 valence electrons. The van der Waals surface area contributed by atoms with Crippen LogP contribution in [0.5, 0.6) is 0 Å². The first kappa shape index (κ1) is 16.6. The number of carbonyl (C=O) groups excluding carboxylic acids is 2. The van der Waals surface area contributed by atoms with Crippen LogP contribution < -0.4 is 0 Å². The molecule has 0 unspecified atom stereocenters. The van der Waals surface area contributed by atoms with Gasteiger partial charge in [-0.3, -0.25) is 9.59 Å². The molecule has 0 aliphatic heterocycles. The molecule has 0 aromatic rings. The standard InChI is InChI=1S/C5H2F6O2.Ca/c6-4(7,8)2(12)1-3(13)5(9,10)11;/h1H2;/q;+2. The van der Waals surface area contributed by atoms with E-state index in [1.165, 1.54) is 0 Å². The van der Waals surface area contributed by atoms with Crippen molar-refractivity contribution in [3.05, 3.63) is 0 Å². The van der Waals surface area contributed by atoms with E-state index in [2.05, 4.69) is 0 Å². The van der Waals surface area contributed by atoms with Gasteiger partial charge in [0.05, 0.1) is 6.42 Å². The molecular weight excluding hydrogens is 246 g/mol. The first-order chi connectivity index (χ1) is 5.55. The topological polar surface area (TPSA) is 34.1 Å². The Hall–Kier alpha value is 0.180. The molecule has 0 bridgehead atoms. The van der Waals surface area contributed by atoms with Crippen LogP contribution in [0.15, 0.2) is 0 Å². The fraction of sp³-hybridized carbons (Fsp3) is 0.600. The second kappa shape index (κ2) is 5.31. The summed E-state index contributed by atoms with van der Waals surface area (Å²) in [4.78, 5) is 19.8. The molecule has 0 spiro atoms. The number of hydrogen-bond acceptors (Lipinski definition) is 2. The predicted molar refractivity (Wildman–Crippen MR) is 32.5 cm³/mol. The molecule has 0 amide bonds. The molecule has 2 nitrogen and oxygen atoms in total. The SMILES string of the molecule is O=C(CC(=O)C(F)(F)F)C(F)(F)F.[Ca+2]. The summed E-state index contributed by atoms with van der Waals surface area (Å²) in [6.07, 6.45) is -13.0. The molecule has 0 N–H and O–H groups in total. The van der Waals surface area contributed by atoms with Crippen molar-refractivity contribution in [2.24, 2.45) is 0 Å². The third-order valence-electron chi connectivity index (χ3n) is 0.953. The molecule has 0 heterocycles. The maximum Gasteiger partial charge on any atom is 2.00 e. The summed E-state index contributed by atoms with van der Waals surface area (Å²) < 4.78 is 68.0. The van der Waals surface area contributed by atoms with Gasteiger partial charge in [0.25, 0.3) is 0 Å². The van der Waals surface area contributed by atoms with Crippen LogP contribution in [0.1, 0.15) is 6.42 Å². The van der Waals surface area contributed by atoms with Crippen molar-refractivity contribution < 1.29 is 35.9 Å². The van der Waals surface area contributed by atoms with Crippen LogP contribution in [0.4, 0.5) is 26.3 Å². The van der Waals surface area contributed by atoms with E-state index < -0.39 is 30.3 Å². The molecule has 0 aliphatic carbocycles. The summed E-state index contributed by atoms with van der Waals surface area (Å²) in [5.74, 6) is -5.40. The van der Waals surface area contributed by atoms with Crippen molar-refractivity contribution >= 4 is 49.3 Å². The van der Waals surface area contributed by atoms with E-state index in [-0.39, 0.29) is 37.7 Å². The Kier molecular flexibility index (Phi) is 6.30. The van der Waals surface area contributed by atoms with Crippen molar-refractivity contribution in [2.75, 3.05) is 0 Å². The Bertz CT molecular complexity index is 205. The van der Waals surface area contributed by atoms with Gasteiger partial charge >= 0.3 is 50.1 Å². The molecule has 0 atom stereocenters. The fourth-order valence-electron chi connectivity index (χ4n) is 0.346. The Balaban J connectivity index is 0. The van der Waals surface area contributed by atoms with Gasteiger partial charge in [-0.15, -0.1) is 0 Å². The number of halogens is 6. The molecule has 14 heavy (non-hydrogen) atoms. The van der Waals surface area contributed by atoms with Crippen LogP contribution >= 0.6 is 0 Å². The molecule has 9 heteroatoms. The van der Waals surface area contributed by atoms with Gasteiger partial charge in [-0.2, -0.15) is 26.3 Å². The molecule has 0 rings (SSSR count). The van der Waals surface area contributed by atoms with Crippen LogP contribution in [0.25, 0.3) is 0 Å². The minimum atomic E-state index is -5.40. The van der Waals surface area contributed by atoms with Crippen LogP contribution in [0.3, 0.4) is 0 Å². The van der Waals surface area contributed by atoms with Gasteiger partial charge in [0.2, 0.25) is 11.6 Å². The summed E-state index contributed by atoms with van der Waals surface area (Å²) >= 11 is 0. The molecule has 0 aromatic carbocycles. The minimum absolute atomic E-state index is 0. The number of hydrogen-bond donors (Lipinski definition) is 0. The van der Waals surface area contributed by atoms with Gasteiger partial charge in [0, 0.05) is 0 Å². The molecule has 0 aliphatic rings. The predicted octanol–water partition coefficient (Wildman–Crippen LogP) is 1.26. The zero-order chi connectivity index (χ0) is 10.9. The van der Waals surface area contributed by atoms with Gasteiger partial charge in [0.15, 0.2) is 0 Å². The van der Waals surface area contributed by atoms with E-state index in [4.69, 9.17) is 0 Å². The maximum absolute atomic E-state index is 11.3. The average Bonchev–Trinajstić information content (AvgIpc) is 1.82. The molecule has 0 radical (unpaired) electrons. The first-order valence-corrected chi connectivity index (χ1v) is 2.75. The maximum atomic E-state index is 11.3. The number of carbonyl (C=O) groups is 2. The Labute approximate surface area is 104 Å². The second-order valence-corrected chi connectivity index (χ2v) is 2.02. The number of ketones is 2. The Morgan fingerprint density at radius 1 is 0.786 bits per heavy atom. The summed E-state index contributed by atoms with van der Waals surface area (Å²) in [6.45, 7) is 0. The summed E-state index contributed by atoms with van der Waals surface area (Å²) in [6, 6.07) is 0. The van der Waals surface area contributed by atoms with Crippen LogP contribution in [0, 0.1) is 0 Å². The first-order valence-electron chi connectivity index (χ1n) is 2.75. The van der Waals surface area contributed by atoms with Crippen molar-refractivity contribution in [3.8, 4) is 0 Å². The van der Waals surface area contributed by atoms with Gasteiger partial charge in [-0.05, 0) is 0 Å². The average molecular weight is 248 g/mol. The molecule has 0 aromatic heterocycles. The van der Waals surface area contributed by atoms with E-state index in [0.717, 1.165) is 0 Å². The minimum Gasteiger partial charge on any atom is -0.289 e. The summed E-state index contributed by atoms with van der Waals surface area (Å²) in [5.41, 5.74) is 0. The van der Waals surface area contributed by atoms with Crippen molar-refractivity contribution in [1.29, 1.82) is 0 Å². The molecular formula is C5H2CaF6O2+2.